The van der Waals surface area contributed by atoms with E-state index in [-0.39, 0.29) is 6.10 Å². The van der Waals surface area contributed by atoms with Gasteiger partial charge < -0.3 is 10.4 Å². The number of nitrogens with one attached hydrogen (secondary N) is 1. The predicted octanol–water partition coefficient (Wildman–Crippen LogP) is 0.923. The highest BCUT2D eigenvalue weighted by molar-refractivity contribution is 4.91. The lowest BCUT2D eigenvalue weighted by molar-refractivity contribution is 0.150. The lowest BCUT2D eigenvalue weighted by Gasteiger charge is -2.09. The van der Waals surface area contributed by atoms with E-state index in [1.54, 1.807) is 0 Å². The number of rotatable bonds is 5. The average molecular weight is 155 g/mol. The number of aliphatic hydroxyl groups excluding tert-OH is 1. The molecule has 1 rings (SSSR count). The van der Waals surface area contributed by atoms with Crippen LogP contribution >= 0.6 is 0 Å². The van der Waals surface area contributed by atoms with Gasteiger partial charge in [0.15, 0.2) is 0 Å². The fourth-order valence-electron chi connectivity index (χ4n) is 1.08. The third-order valence-corrected chi connectivity index (χ3v) is 1.95. The summed E-state index contributed by atoms with van der Waals surface area (Å²) in [7, 11) is 0. The molecule has 2 heteroatoms. The van der Waals surface area contributed by atoms with Gasteiger partial charge in [-0.2, -0.15) is 0 Å². The van der Waals surface area contributed by atoms with Crippen LogP contribution in [-0.2, 0) is 0 Å². The van der Waals surface area contributed by atoms with Crippen molar-refractivity contribution in [3.05, 3.63) is 12.2 Å². The SMILES string of the molecule is C=C(C)CNCC(O)C1CC1. The van der Waals surface area contributed by atoms with Crippen LogP contribution in [0.5, 0.6) is 0 Å². The maximum Gasteiger partial charge on any atom is 0.0692 e. The van der Waals surface area contributed by atoms with Crippen molar-refractivity contribution in [2.45, 2.75) is 25.9 Å². The summed E-state index contributed by atoms with van der Waals surface area (Å²) in [6.07, 6.45) is 2.28. The molecule has 0 amide bonds. The van der Waals surface area contributed by atoms with Crippen molar-refractivity contribution in [3.63, 3.8) is 0 Å². The smallest absolute Gasteiger partial charge is 0.0692 e. The zero-order valence-electron chi connectivity index (χ0n) is 7.14. The molecule has 1 saturated carbocycles. The molecule has 0 heterocycles. The van der Waals surface area contributed by atoms with Gasteiger partial charge in [0.05, 0.1) is 6.10 Å². The Kier molecular flexibility index (Phi) is 3.09. The third-order valence-electron chi connectivity index (χ3n) is 1.95. The van der Waals surface area contributed by atoms with Crippen molar-refractivity contribution in [1.29, 1.82) is 0 Å². The third kappa shape index (κ3) is 3.54. The molecule has 0 saturated heterocycles. The second-order valence-electron chi connectivity index (χ2n) is 3.49. The van der Waals surface area contributed by atoms with Crippen LogP contribution in [0.4, 0.5) is 0 Å². The molecule has 1 aliphatic rings. The van der Waals surface area contributed by atoms with Crippen molar-refractivity contribution in [2.75, 3.05) is 13.1 Å². The van der Waals surface area contributed by atoms with Crippen molar-refractivity contribution < 1.29 is 5.11 Å². The van der Waals surface area contributed by atoms with E-state index in [9.17, 15) is 5.11 Å². The van der Waals surface area contributed by atoms with Crippen LogP contribution in [0, 0.1) is 5.92 Å². The monoisotopic (exact) mass is 155 g/mol. The molecule has 1 atom stereocenters. The summed E-state index contributed by atoms with van der Waals surface area (Å²) in [5, 5.41) is 12.6. The van der Waals surface area contributed by atoms with E-state index in [2.05, 4.69) is 11.9 Å². The fourth-order valence-corrected chi connectivity index (χ4v) is 1.08. The van der Waals surface area contributed by atoms with Crippen LogP contribution in [0.3, 0.4) is 0 Å². The zero-order valence-corrected chi connectivity index (χ0v) is 7.14. The van der Waals surface area contributed by atoms with Crippen LogP contribution in [0.1, 0.15) is 19.8 Å². The molecule has 0 spiro atoms. The van der Waals surface area contributed by atoms with E-state index in [0.29, 0.717) is 5.92 Å². The summed E-state index contributed by atoms with van der Waals surface area (Å²) in [4.78, 5) is 0. The number of hydrogen-bond acceptors (Lipinski definition) is 2. The molecule has 0 bridgehead atoms. The Morgan fingerprint density at radius 2 is 2.36 bits per heavy atom. The van der Waals surface area contributed by atoms with Crippen LogP contribution in [-0.4, -0.2) is 24.3 Å². The van der Waals surface area contributed by atoms with E-state index in [4.69, 9.17) is 0 Å². The largest absolute Gasteiger partial charge is 0.392 e. The minimum absolute atomic E-state index is 0.130. The highest BCUT2D eigenvalue weighted by Crippen LogP contribution is 2.32. The Hall–Kier alpha value is -0.340. The van der Waals surface area contributed by atoms with Gasteiger partial charge in [-0.1, -0.05) is 12.2 Å². The Balaban J connectivity index is 1.97. The van der Waals surface area contributed by atoms with Gasteiger partial charge in [0.1, 0.15) is 0 Å². The Labute approximate surface area is 68.3 Å². The highest BCUT2D eigenvalue weighted by Gasteiger charge is 2.28. The maximum absolute atomic E-state index is 9.41. The molecule has 64 valence electrons. The molecular formula is C9H17NO. The standard InChI is InChI=1S/C9H17NO/c1-7(2)5-10-6-9(11)8-3-4-8/h8-11H,1,3-6H2,2H3. The Morgan fingerprint density at radius 1 is 1.73 bits per heavy atom. The predicted molar refractivity (Wildman–Crippen MR) is 46.4 cm³/mol. The normalized spacial score (nSPS) is 19.8. The Morgan fingerprint density at radius 3 is 2.82 bits per heavy atom. The van der Waals surface area contributed by atoms with Gasteiger partial charge in [-0.25, -0.2) is 0 Å². The molecule has 1 unspecified atom stereocenters. The number of aliphatic hydroxyl groups is 1. The highest BCUT2D eigenvalue weighted by atomic mass is 16.3. The minimum Gasteiger partial charge on any atom is -0.392 e. The van der Waals surface area contributed by atoms with Gasteiger partial charge in [-0.05, 0) is 25.7 Å². The van der Waals surface area contributed by atoms with Crippen LogP contribution < -0.4 is 5.32 Å². The molecule has 1 aliphatic carbocycles. The molecule has 2 N–H and O–H groups in total. The van der Waals surface area contributed by atoms with Crippen LogP contribution in [0.25, 0.3) is 0 Å². The molecule has 1 fully saturated rings. The molecule has 11 heavy (non-hydrogen) atoms. The van der Waals surface area contributed by atoms with Crippen molar-refractivity contribution in [2.24, 2.45) is 5.92 Å². The minimum atomic E-state index is -0.130. The lowest BCUT2D eigenvalue weighted by atomic mass is 10.2. The fraction of sp³-hybridized carbons (Fsp3) is 0.778. The summed E-state index contributed by atoms with van der Waals surface area (Å²) in [6, 6.07) is 0. The number of hydrogen-bond donors (Lipinski definition) is 2. The van der Waals surface area contributed by atoms with Crippen LogP contribution in [0.15, 0.2) is 12.2 Å². The van der Waals surface area contributed by atoms with Crippen molar-refractivity contribution in [3.8, 4) is 0 Å². The molecule has 2 nitrogen and oxygen atoms in total. The molecule has 0 radical (unpaired) electrons. The van der Waals surface area contributed by atoms with E-state index >= 15 is 0 Å². The van der Waals surface area contributed by atoms with Crippen molar-refractivity contribution in [1.82, 2.24) is 5.32 Å². The molecule has 0 aliphatic heterocycles. The van der Waals surface area contributed by atoms with E-state index in [0.717, 1.165) is 18.7 Å². The Bertz CT molecular complexity index is 140. The average Bonchev–Trinajstić information content (AvgIpc) is 2.66. The topological polar surface area (TPSA) is 32.3 Å². The first-order valence-electron chi connectivity index (χ1n) is 4.23. The second-order valence-corrected chi connectivity index (χ2v) is 3.49. The first-order valence-corrected chi connectivity index (χ1v) is 4.23. The van der Waals surface area contributed by atoms with Gasteiger partial charge in [-0.3, -0.25) is 0 Å². The second kappa shape index (κ2) is 3.88. The summed E-state index contributed by atoms with van der Waals surface area (Å²) >= 11 is 0. The molecule has 0 aromatic carbocycles. The van der Waals surface area contributed by atoms with Gasteiger partial charge in [0.2, 0.25) is 0 Å². The van der Waals surface area contributed by atoms with Crippen molar-refractivity contribution >= 4 is 0 Å². The molecule has 0 aromatic heterocycles. The van der Waals surface area contributed by atoms with Gasteiger partial charge in [0, 0.05) is 13.1 Å². The quantitative estimate of drug-likeness (QED) is 0.579. The van der Waals surface area contributed by atoms with E-state index in [1.165, 1.54) is 12.8 Å². The summed E-state index contributed by atoms with van der Waals surface area (Å²) < 4.78 is 0. The zero-order chi connectivity index (χ0) is 8.27. The lowest BCUT2D eigenvalue weighted by Crippen LogP contribution is -2.29. The summed E-state index contributed by atoms with van der Waals surface area (Å²) in [5.74, 6) is 0.577. The first-order chi connectivity index (χ1) is 5.20. The first kappa shape index (κ1) is 8.75. The molecular weight excluding hydrogens is 138 g/mol. The van der Waals surface area contributed by atoms with Crippen LogP contribution in [0.2, 0.25) is 0 Å². The van der Waals surface area contributed by atoms with Gasteiger partial charge in [0.25, 0.3) is 0 Å². The molecule has 0 aromatic rings. The maximum atomic E-state index is 9.41. The summed E-state index contributed by atoms with van der Waals surface area (Å²) in [5.41, 5.74) is 1.12. The van der Waals surface area contributed by atoms with E-state index in [1.807, 2.05) is 6.92 Å². The summed E-state index contributed by atoms with van der Waals surface area (Å²) in [6.45, 7) is 7.29. The van der Waals surface area contributed by atoms with E-state index < -0.39 is 0 Å². The van der Waals surface area contributed by atoms with Gasteiger partial charge in [-0.15, -0.1) is 0 Å². The van der Waals surface area contributed by atoms with Gasteiger partial charge >= 0.3 is 0 Å².